The maximum absolute atomic E-state index is 13.5. The molecule has 0 bridgehead atoms. The molecule has 2 fully saturated rings. The van der Waals surface area contributed by atoms with Gasteiger partial charge in [0.2, 0.25) is 23.5 Å². The molecule has 5 amide bonds. The molecule has 2 aliphatic rings. The van der Waals surface area contributed by atoms with Gasteiger partial charge in [-0.3, -0.25) is 33.8 Å². The first-order valence-corrected chi connectivity index (χ1v) is 16.6. The lowest BCUT2D eigenvalue weighted by Gasteiger charge is -2.32. The van der Waals surface area contributed by atoms with E-state index >= 15 is 0 Å². The van der Waals surface area contributed by atoms with Crippen LogP contribution in [0, 0.1) is 17.3 Å². The van der Waals surface area contributed by atoms with Crippen molar-refractivity contribution in [2.45, 2.75) is 123 Å². The Morgan fingerprint density at radius 3 is 2.13 bits per heavy atom. The van der Waals surface area contributed by atoms with Crippen LogP contribution in [0.2, 0.25) is 0 Å². The van der Waals surface area contributed by atoms with Crippen molar-refractivity contribution in [2.75, 3.05) is 6.54 Å². The molecule has 13 nitrogen and oxygen atoms in total. The number of aromatic nitrogens is 2. The Balaban J connectivity index is 1.56. The van der Waals surface area contributed by atoms with Gasteiger partial charge in [0.15, 0.2) is 0 Å². The first-order chi connectivity index (χ1) is 21.8. The Kier molecular flexibility index (Phi) is 13.6. The van der Waals surface area contributed by atoms with Crippen LogP contribution in [0.1, 0.15) is 109 Å². The number of ketones is 1. The van der Waals surface area contributed by atoms with Gasteiger partial charge in [0.05, 0.1) is 12.2 Å². The normalized spacial score (nSPS) is 19.7. The van der Waals surface area contributed by atoms with Gasteiger partial charge in [0, 0.05) is 31.4 Å². The zero-order valence-corrected chi connectivity index (χ0v) is 27.8. The van der Waals surface area contributed by atoms with Crippen molar-refractivity contribution < 1.29 is 28.8 Å². The molecule has 3 rings (SSSR count). The molecule has 0 aromatic carbocycles. The van der Waals surface area contributed by atoms with E-state index < -0.39 is 47.0 Å². The SMILES string of the molecule is CCC[C@H](NC(=O)c1cnccn1)C(=O)N[C@H](C(=O)NC[C@@H]1CCC[C@@H]1CC(=O)N[C@@H](CCC)C(=O)C(=O)NC1CC1)C(C)(C)C. The average Bonchev–Trinajstić information content (AvgIpc) is 3.72. The van der Waals surface area contributed by atoms with Crippen LogP contribution in [0.25, 0.3) is 0 Å². The summed E-state index contributed by atoms with van der Waals surface area (Å²) >= 11 is 0. The van der Waals surface area contributed by atoms with E-state index in [1.165, 1.54) is 18.6 Å². The van der Waals surface area contributed by atoms with Crippen LogP contribution >= 0.6 is 0 Å². The van der Waals surface area contributed by atoms with E-state index in [1.54, 1.807) is 0 Å². The van der Waals surface area contributed by atoms with E-state index in [1.807, 2.05) is 34.6 Å². The molecule has 0 unspecified atom stereocenters. The minimum absolute atomic E-state index is 0.00544. The van der Waals surface area contributed by atoms with E-state index in [2.05, 4.69) is 36.6 Å². The second-order valence-corrected chi connectivity index (χ2v) is 13.6. The fourth-order valence-corrected chi connectivity index (χ4v) is 5.80. The predicted octanol–water partition coefficient (Wildman–Crippen LogP) is 1.96. The van der Waals surface area contributed by atoms with Gasteiger partial charge in [-0.2, -0.15) is 0 Å². The Bertz CT molecular complexity index is 1230. The van der Waals surface area contributed by atoms with Gasteiger partial charge < -0.3 is 26.6 Å². The number of Topliss-reactive ketones (excluding diaryl/α,β-unsaturated/α-hetero) is 1. The van der Waals surface area contributed by atoms with Gasteiger partial charge in [-0.1, -0.05) is 53.9 Å². The van der Waals surface area contributed by atoms with Crippen molar-refractivity contribution in [1.82, 2.24) is 36.6 Å². The van der Waals surface area contributed by atoms with E-state index in [4.69, 9.17) is 0 Å². The van der Waals surface area contributed by atoms with Crippen molar-refractivity contribution in [3.05, 3.63) is 24.3 Å². The van der Waals surface area contributed by atoms with Crippen LogP contribution < -0.4 is 26.6 Å². The number of carbonyl (C=O) groups excluding carboxylic acids is 6. The van der Waals surface area contributed by atoms with Crippen LogP contribution in [0.4, 0.5) is 0 Å². The van der Waals surface area contributed by atoms with E-state index in [-0.39, 0.29) is 41.8 Å². The lowest BCUT2D eigenvalue weighted by atomic mass is 9.85. The molecule has 0 radical (unpaired) electrons. The van der Waals surface area contributed by atoms with E-state index in [0.717, 1.165) is 32.1 Å². The summed E-state index contributed by atoms with van der Waals surface area (Å²) in [4.78, 5) is 85.4. The zero-order valence-electron chi connectivity index (χ0n) is 27.8. The molecule has 1 aromatic heterocycles. The van der Waals surface area contributed by atoms with Crippen molar-refractivity contribution in [1.29, 1.82) is 0 Å². The summed E-state index contributed by atoms with van der Waals surface area (Å²) in [6.07, 6.45) is 10.7. The predicted molar refractivity (Wildman–Crippen MR) is 171 cm³/mol. The highest BCUT2D eigenvalue weighted by Gasteiger charge is 2.37. The summed E-state index contributed by atoms with van der Waals surface area (Å²) in [5.74, 6) is -2.82. The van der Waals surface area contributed by atoms with Crippen molar-refractivity contribution in [3.8, 4) is 0 Å². The number of carbonyl (C=O) groups is 6. The molecule has 5 N–H and O–H groups in total. The molecule has 0 spiro atoms. The van der Waals surface area contributed by atoms with Crippen LogP contribution in [-0.2, 0) is 24.0 Å². The van der Waals surface area contributed by atoms with E-state index in [0.29, 0.717) is 32.2 Å². The van der Waals surface area contributed by atoms with Gasteiger partial charge in [0.1, 0.15) is 17.8 Å². The molecule has 1 heterocycles. The molecule has 0 saturated heterocycles. The molecule has 2 aliphatic carbocycles. The molecular weight excluding hydrogens is 590 g/mol. The highest BCUT2D eigenvalue weighted by atomic mass is 16.2. The Labute approximate surface area is 271 Å². The lowest BCUT2D eigenvalue weighted by Crippen LogP contribution is -2.58. The smallest absolute Gasteiger partial charge is 0.289 e. The van der Waals surface area contributed by atoms with Gasteiger partial charge in [-0.15, -0.1) is 0 Å². The highest BCUT2D eigenvalue weighted by Crippen LogP contribution is 2.34. The summed E-state index contributed by atoms with van der Waals surface area (Å²) in [5.41, 5.74) is -0.541. The Morgan fingerprint density at radius 2 is 1.52 bits per heavy atom. The molecule has 0 aliphatic heterocycles. The standard InChI is InChI=1S/C33H51N7O6/c1-6-9-23(27(42)31(45)37-22-13-14-22)38-26(41)17-20-11-8-12-21(20)18-36-32(46)28(33(3,4)5)40-29(43)24(10-7-2)39-30(44)25-19-34-15-16-35-25/h15-16,19-24,28H,6-14,17-18H2,1-5H3,(H,36,46)(H,37,45)(H,38,41)(H,39,44)(H,40,43)/t20-,21+,23+,24+,28-/m1/s1. The Morgan fingerprint density at radius 1 is 0.848 bits per heavy atom. The molecule has 2 saturated carbocycles. The average molecular weight is 642 g/mol. The number of amides is 5. The number of nitrogens with one attached hydrogen (secondary N) is 5. The molecule has 46 heavy (non-hydrogen) atoms. The first kappa shape index (κ1) is 36.6. The van der Waals surface area contributed by atoms with Gasteiger partial charge in [-0.05, 0) is 55.8 Å². The lowest BCUT2D eigenvalue weighted by molar-refractivity contribution is -0.140. The van der Waals surface area contributed by atoms with E-state index in [9.17, 15) is 28.8 Å². The van der Waals surface area contributed by atoms with Crippen molar-refractivity contribution in [2.24, 2.45) is 17.3 Å². The summed E-state index contributed by atoms with van der Waals surface area (Å²) in [5, 5.41) is 14.1. The van der Waals surface area contributed by atoms with Crippen LogP contribution in [0.3, 0.4) is 0 Å². The van der Waals surface area contributed by atoms with Crippen LogP contribution in [0.5, 0.6) is 0 Å². The first-order valence-electron chi connectivity index (χ1n) is 16.6. The third-order valence-corrected chi connectivity index (χ3v) is 8.58. The third kappa shape index (κ3) is 11.2. The van der Waals surface area contributed by atoms with Gasteiger partial charge >= 0.3 is 0 Å². The second-order valence-electron chi connectivity index (χ2n) is 13.6. The van der Waals surface area contributed by atoms with Crippen LogP contribution in [0.15, 0.2) is 18.6 Å². The molecule has 13 heteroatoms. The number of hydrogen-bond donors (Lipinski definition) is 5. The maximum atomic E-state index is 13.5. The quantitative estimate of drug-likeness (QED) is 0.160. The molecular formula is C33H51N7O6. The number of rotatable bonds is 17. The van der Waals surface area contributed by atoms with Gasteiger partial charge in [0.25, 0.3) is 11.8 Å². The zero-order chi connectivity index (χ0) is 33.9. The second kappa shape index (κ2) is 17.1. The summed E-state index contributed by atoms with van der Waals surface area (Å²) in [6.45, 7) is 9.69. The number of nitrogens with zero attached hydrogens (tertiary/aromatic N) is 2. The van der Waals surface area contributed by atoms with Crippen molar-refractivity contribution >= 4 is 35.3 Å². The minimum Gasteiger partial charge on any atom is -0.354 e. The Hall–Kier alpha value is -3.90. The monoisotopic (exact) mass is 641 g/mol. The summed E-state index contributed by atoms with van der Waals surface area (Å²) < 4.78 is 0. The summed E-state index contributed by atoms with van der Waals surface area (Å²) in [6, 6.07) is -2.53. The highest BCUT2D eigenvalue weighted by molar-refractivity contribution is 6.38. The fraction of sp³-hybridized carbons (Fsp3) is 0.697. The third-order valence-electron chi connectivity index (χ3n) is 8.58. The number of hydrogen-bond acceptors (Lipinski definition) is 8. The fourth-order valence-electron chi connectivity index (χ4n) is 5.80. The largest absolute Gasteiger partial charge is 0.354 e. The van der Waals surface area contributed by atoms with Crippen LogP contribution in [-0.4, -0.2) is 76.0 Å². The molecule has 254 valence electrons. The molecule has 5 atom stereocenters. The van der Waals surface area contributed by atoms with Gasteiger partial charge in [-0.25, -0.2) is 4.98 Å². The molecule has 1 aromatic rings. The van der Waals surface area contributed by atoms with Crippen molar-refractivity contribution in [3.63, 3.8) is 0 Å². The maximum Gasteiger partial charge on any atom is 0.289 e. The topological polar surface area (TPSA) is 188 Å². The summed E-state index contributed by atoms with van der Waals surface area (Å²) in [7, 11) is 0. The minimum atomic E-state index is -0.876.